The van der Waals surface area contributed by atoms with Gasteiger partial charge < -0.3 is 27.8 Å². The number of hydrogen-bond acceptors (Lipinski definition) is 8. The molecule has 0 spiro atoms. The summed E-state index contributed by atoms with van der Waals surface area (Å²) in [6.45, 7) is 1.52. The Morgan fingerprint density at radius 2 is 1.60 bits per heavy atom. The molecule has 0 fully saturated rings. The summed E-state index contributed by atoms with van der Waals surface area (Å²) >= 11 is 1.23. The van der Waals surface area contributed by atoms with Crippen molar-refractivity contribution in [1.29, 1.82) is 0 Å². The monoisotopic (exact) mass is 607 g/mol. The summed E-state index contributed by atoms with van der Waals surface area (Å²) in [5, 5.41) is 5.67. The molecule has 3 amide bonds. The average Bonchev–Trinajstić information content (AvgIpc) is 3.40. The second-order valence-corrected chi connectivity index (χ2v) is 11.2. The molecule has 0 radical (unpaired) electrons. The fourth-order valence-corrected chi connectivity index (χ4v) is 5.54. The van der Waals surface area contributed by atoms with Crippen molar-refractivity contribution in [3.63, 3.8) is 0 Å². The molecule has 0 aliphatic rings. The summed E-state index contributed by atoms with van der Waals surface area (Å²) < 4.78 is 0.837. The Labute approximate surface area is 253 Å². The number of rotatable bonds is 17. The number of guanidine groups is 1. The number of thiazole rings is 1. The highest BCUT2D eigenvalue weighted by Gasteiger charge is 2.31. The Kier molecular flexibility index (Phi) is 12.3. The molecule has 0 saturated carbocycles. The van der Waals surface area contributed by atoms with Gasteiger partial charge in [-0.05, 0) is 43.4 Å². The van der Waals surface area contributed by atoms with Gasteiger partial charge >= 0.3 is 0 Å². The summed E-state index contributed by atoms with van der Waals surface area (Å²) in [5.41, 5.74) is 17.6. The smallest absolute Gasteiger partial charge is 0.224 e. The topological polar surface area (TPSA) is 213 Å². The second kappa shape index (κ2) is 16.1. The zero-order chi connectivity index (χ0) is 31.4. The molecule has 0 aliphatic heterocycles. The van der Waals surface area contributed by atoms with Crippen molar-refractivity contribution in [3.8, 4) is 0 Å². The molecule has 8 N–H and O–H groups in total. The van der Waals surface area contributed by atoms with E-state index in [1.54, 1.807) is 6.07 Å². The number of nitrogens with one attached hydrogen (secondary N) is 2. The van der Waals surface area contributed by atoms with Crippen molar-refractivity contribution in [2.45, 2.75) is 57.5 Å². The molecule has 0 unspecified atom stereocenters. The van der Waals surface area contributed by atoms with Gasteiger partial charge in [0.25, 0.3) is 0 Å². The van der Waals surface area contributed by atoms with E-state index in [9.17, 15) is 24.0 Å². The van der Waals surface area contributed by atoms with Crippen molar-refractivity contribution >= 4 is 56.8 Å². The minimum Gasteiger partial charge on any atom is -0.370 e. The van der Waals surface area contributed by atoms with Gasteiger partial charge in [-0.3, -0.25) is 29.0 Å². The number of carbonyl (C=O) groups is 5. The number of nitrogens with zero attached hydrogens (tertiary/aromatic N) is 2. The molecule has 3 rings (SSSR count). The summed E-state index contributed by atoms with van der Waals surface area (Å²) in [6, 6.07) is 14.6. The fraction of sp³-hybridized carbons (Fsp3) is 0.367. The molecule has 43 heavy (non-hydrogen) atoms. The Bertz CT molecular complexity index is 1440. The molecule has 2 aromatic carbocycles. The van der Waals surface area contributed by atoms with Gasteiger partial charge in [0.15, 0.2) is 16.8 Å². The van der Waals surface area contributed by atoms with Crippen LogP contribution in [0.5, 0.6) is 0 Å². The minimum absolute atomic E-state index is 0.0108. The van der Waals surface area contributed by atoms with E-state index in [1.165, 1.54) is 18.3 Å². The van der Waals surface area contributed by atoms with Crippen LogP contribution in [0.1, 0.15) is 54.4 Å². The Balaban J connectivity index is 1.86. The number of nitrogens with two attached hydrogens (primary N) is 3. The number of benzene rings is 2. The molecule has 0 bridgehead atoms. The first-order valence-electron chi connectivity index (χ1n) is 13.9. The predicted octanol–water partition coefficient (Wildman–Crippen LogP) is 1.61. The van der Waals surface area contributed by atoms with Crippen LogP contribution in [0.3, 0.4) is 0 Å². The van der Waals surface area contributed by atoms with E-state index in [-0.39, 0.29) is 55.4 Å². The highest BCUT2D eigenvalue weighted by Crippen LogP contribution is 2.24. The zero-order valence-corrected chi connectivity index (χ0v) is 24.8. The standard InChI is InChI=1S/C30H37N7O5S/c1-18(38)35-21(13-14-26(31)40)24(39)17-20(16-19-8-3-2-4-9-19)28(42)36-23(11-7-15-34-30(32)33)27(41)29-37-22-10-5-6-12-25(22)43-29/h2-6,8-10,12,20-21,23H,7,11,13-17H2,1H3,(H2,31,40)(H,35,38)(H,36,42)(H4,32,33,34)/t20-,21+,23+/m1/s1. The van der Waals surface area contributed by atoms with Crippen LogP contribution in [0.15, 0.2) is 59.6 Å². The lowest BCUT2D eigenvalue weighted by molar-refractivity contribution is -0.132. The SMILES string of the molecule is CC(=O)N[C@@H](CCC(N)=O)C(=O)C[C@@H](Cc1ccccc1)C(=O)N[C@@H](CCCN=C(N)N)C(=O)c1nc2ccccc2s1. The van der Waals surface area contributed by atoms with E-state index in [0.717, 1.165) is 10.3 Å². The fourth-order valence-electron chi connectivity index (χ4n) is 4.58. The van der Waals surface area contributed by atoms with Gasteiger partial charge in [0.05, 0.1) is 22.3 Å². The number of amides is 3. The maximum absolute atomic E-state index is 13.8. The van der Waals surface area contributed by atoms with Crippen LogP contribution in [-0.4, -0.2) is 58.9 Å². The molecular formula is C30H37N7O5S. The number of ketones is 2. The molecule has 12 nitrogen and oxygen atoms in total. The highest BCUT2D eigenvalue weighted by molar-refractivity contribution is 7.20. The summed E-state index contributed by atoms with van der Waals surface area (Å²) in [6.07, 6.45) is 0.505. The lowest BCUT2D eigenvalue weighted by Crippen LogP contribution is -2.46. The number of para-hydroxylation sites is 1. The van der Waals surface area contributed by atoms with E-state index in [1.807, 2.05) is 48.5 Å². The van der Waals surface area contributed by atoms with Gasteiger partial charge in [0, 0.05) is 32.2 Å². The molecule has 3 aromatic rings. The minimum atomic E-state index is -0.990. The molecule has 1 heterocycles. The summed E-state index contributed by atoms with van der Waals surface area (Å²) in [7, 11) is 0. The van der Waals surface area contributed by atoms with Crippen LogP contribution in [-0.2, 0) is 25.6 Å². The highest BCUT2D eigenvalue weighted by atomic mass is 32.1. The Morgan fingerprint density at radius 1 is 0.907 bits per heavy atom. The van der Waals surface area contributed by atoms with Crippen molar-refractivity contribution in [3.05, 3.63) is 65.2 Å². The van der Waals surface area contributed by atoms with Crippen molar-refractivity contribution < 1.29 is 24.0 Å². The first-order chi connectivity index (χ1) is 20.5. The average molecular weight is 608 g/mol. The van der Waals surface area contributed by atoms with Gasteiger partial charge in [0.1, 0.15) is 0 Å². The van der Waals surface area contributed by atoms with E-state index < -0.39 is 41.5 Å². The van der Waals surface area contributed by atoms with Crippen LogP contribution in [0.25, 0.3) is 10.2 Å². The molecule has 13 heteroatoms. The van der Waals surface area contributed by atoms with Crippen LogP contribution in [0.2, 0.25) is 0 Å². The zero-order valence-electron chi connectivity index (χ0n) is 24.0. The first-order valence-corrected chi connectivity index (χ1v) is 14.7. The largest absolute Gasteiger partial charge is 0.370 e. The van der Waals surface area contributed by atoms with Gasteiger partial charge in [-0.15, -0.1) is 11.3 Å². The number of Topliss-reactive ketones (excluding diaryl/α,β-unsaturated/α-hetero) is 2. The third-order valence-corrected chi connectivity index (χ3v) is 7.72. The Morgan fingerprint density at radius 3 is 2.26 bits per heavy atom. The Hall–Kier alpha value is -4.65. The van der Waals surface area contributed by atoms with Crippen molar-refractivity contribution in [2.24, 2.45) is 28.1 Å². The van der Waals surface area contributed by atoms with Gasteiger partial charge in [-0.25, -0.2) is 4.98 Å². The van der Waals surface area contributed by atoms with Gasteiger partial charge in [-0.2, -0.15) is 0 Å². The second-order valence-electron chi connectivity index (χ2n) is 10.2. The third-order valence-electron chi connectivity index (χ3n) is 6.67. The van der Waals surface area contributed by atoms with Crippen LogP contribution in [0, 0.1) is 5.92 Å². The van der Waals surface area contributed by atoms with Crippen LogP contribution < -0.4 is 27.8 Å². The lowest BCUT2D eigenvalue weighted by Gasteiger charge is -2.23. The molecule has 0 saturated heterocycles. The maximum Gasteiger partial charge on any atom is 0.224 e. The molecule has 1 aromatic heterocycles. The number of fused-ring (bicyclic) bond motifs is 1. The number of primary amides is 1. The van der Waals surface area contributed by atoms with Crippen LogP contribution >= 0.6 is 11.3 Å². The summed E-state index contributed by atoms with van der Waals surface area (Å²) in [4.78, 5) is 72.4. The number of aliphatic imine (C=N–C) groups is 1. The summed E-state index contributed by atoms with van der Waals surface area (Å²) in [5.74, 6) is -3.30. The first kappa shape index (κ1) is 32.9. The van der Waals surface area contributed by atoms with Crippen LogP contribution in [0.4, 0.5) is 0 Å². The lowest BCUT2D eigenvalue weighted by atomic mass is 9.89. The van der Waals surface area contributed by atoms with Gasteiger partial charge in [-0.1, -0.05) is 42.5 Å². The van der Waals surface area contributed by atoms with Gasteiger partial charge in [0.2, 0.25) is 23.5 Å². The van der Waals surface area contributed by atoms with E-state index in [0.29, 0.717) is 11.9 Å². The van der Waals surface area contributed by atoms with Crippen molar-refractivity contribution in [2.75, 3.05) is 6.54 Å². The third kappa shape index (κ3) is 10.6. The molecule has 228 valence electrons. The van der Waals surface area contributed by atoms with E-state index in [2.05, 4.69) is 20.6 Å². The molecule has 0 aliphatic carbocycles. The number of aromatic nitrogens is 1. The van der Waals surface area contributed by atoms with E-state index >= 15 is 0 Å². The quantitative estimate of drug-likeness (QED) is 0.0656. The van der Waals surface area contributed by atoms with Crippen molar-refractivity contribution in [1.82, 2.24) is 15.6 Å². The molecular weight excluding hydrogens is 570 g/mol. The normalized spacial score (nSPS) is 13.0. The van der Waals surface area contributed by atoms with E-state index in [4.69, 9.17) is 17.2 Å². The maximum atomic E-state index is 13.8. The predicted molar refractivity (Wildman–Crippen MR) is 165 cm³/mol. The number of carbonyl (C=O) groups excluding carboxylic acids is 5. The molecule has 3 atom stereocenters. The number of hydrogen-bond donors (Lipinski definition) is 5.